The monoisotopic (exact) mass is 182 g/mol. The van der Waals surface area contributed by atoms with E-state index in [9.17, 15) is 0 Å². The third-order valence-corrected chi connectivity index (χ3v) is 3.65. The minimum absolute atomic E-state index is 0.478. The van der Waals surface area contributed by atoms with Crippen LogP contribution in [-0.4, -0.2) is 30.1 Å². The minimum atomic E-state index is 0.478. The maximum atomic E-state index is 5.97. The van der Waals surface area contributed by atoms with Crippen LogP contribution in [0.25, 0.3) is 0 Å². The SMILES string of the molecule is NC1CCCN(C2CCCC2)CC1. The molecule has 0 radical (unpaired) electrons. The molecular formula is C11H22N2. The highest BCUT2D eigenvalue weighted by molar-refractivity contribution is 4.81. The van der Waals surface area contributed by atoms with Gasteiger partial charge in [0.05, 0.1) is 0 Å². The van der Waals surface area contributed by atoms with Crippen molar-refractivity contribution in [1.82, 2.24) is 4.90 Å². The number of nitrogens with zero attached hydrogens (tertiary/aromatic N) is 1. The van der Waals surface area contributed by atoms with Crippen molar-refractivity contribution in [2.45, 2.75) is 57.0 Å². The summed E-state index contributed by atoms with van der Waals surface area (Å²) in [6.07, 6.45) is 9.56. The van der Waals surface area contributed by atoms with Gasteiger partial charge in [0.25, 0.3) is 0 Å². The van der Waals surface area contributed by atoms with E-state index in [1.807, 2.05) is 0 Å². The number of likely N-dealkylation sites (tertiary alicyclic amines) is 1. The molecular weight excluding hydrogens is 160 g/mol. The van der Waals surface area contributed by atoms with E-state index in [1.165, 1.54) is 58.0 Å². The molecule has 0 aromatic heterocycles. The van der Waals surface area contributed by atoms with Crippen LogP contribution in [0.1, 0.15) is 44.9 Å². The average molecular weight is 182 g/mol. The van der Waals surface area contributed by atoms with Gasteiger partial charge in [-0.15, -0.1) is 0 Å². The molecule has 13 heavy (non-hydrogen) atoms. The summed E-state index contributed by atoms with van der Waals surface area (Å²) in [5.41, 5.74) is 5.97. The van der Waals surface area contributed by atoms with Gasteiger partial charge in [0.2, 0.25) is 0 Å². The lowest BCUT2D eigenvalue weighted by Gasteiger charge is -2.26. The van der Waals surface area contributed by atoms with Crippen LogP contribution in [0.15, 0.2) is 0 Å². The summed E-state index contributed by atoms with van der Waals surface area (Å²) in [4.78, 5) is 2.69. The van der Waals surface area contributed by atoms with Crippen molar-refractivity contribution in [1.29, 1.82) is 0 Å². The third kappa shape index (κ3) is 2.44. The average Bonchev–Trinajstić information content (AvgIpc) is 2.56. The van der Waals surface area contributed by atoms with Gasteiger partial charge in [0.1, 0.15) is 0 Å². The highest BCUT2D eigenvalue weighted by atomic mass is 15.2. The first-order valence-corrected chi connectivity index (χ1v) is 5.86. The van der Waals surface area contributed by atoms with Crippen molar-refractivity contribution in [3.05, 3.63) is 0 Å². The minimum Gasteiger partial charge on any atom is -0.328 e. The summed E-state index contributed by atoms with van der Waals surface area (Å²) < 4.78 is 0. The second-order valence-electron chi connectivity index (χ2n) is 4.67. The zero-order valence-corrected chi connectivity index (χ0v) is 8.54. The smallest absolute Gasteiger partial charge is 0.00952 e. The van der Waals surface area contributed by atoms with Gasteiger partial charge in [-0.1, -0.05) is 12.8 Å². The molecule has 0 bridgehead atoms. The molecule has 0 aromatic carbocycles. The van der Waals surface area contributed by atoms with E-state index in [1.54, 1.807) is 0 Å². The molecule has 2 aliphatic rings. The Kier molecular flexibility index (Phi) is 3.23. The van der Waals surface area contributed by atoms with Gasteiger partial charge in [0.15, 0.2) is 0 Å². The highest BCUT2D eigenvalue weighted by Crippen LogP contribution is 2.25. The summed E-state index contributed by atoms with van der Waals surface area (Å²) in [5.74, 6) is 0. The van der Waals surface area contributed by atoms with Crippen molar-refractivity contribution >= 4 is 0 Å². The van der Waals surface area contributed by atoms with Crippen LogP contribution >= 0.6 is 0 Å². The lowest BCUT2D eigenvalue weighted by molar-refractivity contribution is 0.205. The first-order chi connectivity index (χ1) is 6.36. The van der Waals surface area contributed by atoms with Crippen molar-refractivity contribution in [3.63, 3.8) is 0 Å². The Morgan fingerprint density at radius 1 is 0.846 bits per heavy atom. The molecule has 2 heteroatoms. The van der Waals surface area contributed by atoms with E-state index in [2.05, 4.69) is 4.90 Å². The fourth-order valence-corrected chi connectivity index (χ4v) is 2.78. The molecule has 0 amide bonds. The van der Waals surface area contributed by atoms with Crippen LogP contribution in [0.2, 0.25) is 0 Å². The Hall–Kier alpha value is -0.0800. The fraction of sp³-hybridized carbons (Fsp3) is 1.00. The van der Waals surface area contributed by atoms with Crippen molar-refractivity contribution in [2.75, 3.05) is 13.1 Å². The molecule has 1 aliphatic carbocycles. The number of hydrogen-bond acceptors (Lipinski definition) is 2. The first-order valence-electron chi connectivity index (χ1n) is 5.86. The maximum absolute atomic E-state index is 5.97. The largest absolute Gasteiger partial charge is 0.328 e. The second-order valence-corrected chi connectivity index (χ2v) is 4.67. The van der Waals surface area contributed by atoms with Crippen molar-refractivity contribution < 1.29 is 0 Å². The van der Waals surface area contributed by atoms with Gasteiger partial charge in [-0.25, -0.2) is 0 Å². The van der Waals surface area contributed by atoms with Crippen LogP contribution in [0, 0.1) is 0 Å². The zero-order chi connectivity index (χ0) is 9.10. The van der Waals surface area contributed by atoms with Crippen LogP contribution in [-0.2, 0) is 0 Å². The van der Waals surface area contributed by atoms with Gasteiger partial charge < -0.3 is 10.6 Å². The Balaban J connectivity index is 1.84. The maximum Gasteiger partial charge on any atom is 0.00952 e. The van der Waals surface area contributed by atoms with Gasteiger partial charge in [-0.3, -0.25) is 0 Å². The molecule has 1 saturated heterocycles. The topological polar surface area (TPSA) is 29.3 Å². The molecule has 1 saturated carbocycles. The zero-order valence-electron chi connectivity index (χ0n) is 8.54. The van der Waals surface area contributed by atoms with E-state index in [4.69, 9.17) is 5.73 Å². The third-order valence-electron chi connectivity index (χ3n) is 3.65. The number of nitrogens with two attached hydrogens (primary N) is 1. The molecule has 2 N–H and O–H groups in total. The summed E-state index contributed by atoms with van der Waals surface area (Å²) in [7, 11) is 0. The number of rotatable bonds is 1. The molecule has 2 nitrogen and oxygen atoms in total. The van der Waals surface area contributed by atoms with Crippen LogP contribution in [0.3, 0.4) is 0 Å². The molecule has 1 heterocycles. The lowest BCUT2D eigenvalue weighted by atomic mass is 10.1. The summed E-state index contributed by atoms with van der Waals surface area (Å²) in [6.45, 7) is 2.56. The van der Waals surface area contributed by atoms with Gasteiger partial charge >= 0.3 is 0 Å². The standard InChI is InChI=1S/C11H22N2/c12-10-4-3-8-13(9-7-10)11-5-1-2-6-11/h10-11H,1-9,12H2. The van der Waals surface area contributed by atoms with E-state index in [0.29, 0.717) is 6.04 Å². The normalized spacial score (nSPS) is 33.5. The number of hydrogen-bond donors (Lipinski definition) is 1. The summed E-state index contributed by atoms with van der Waals surface area (Å²) in [6, 6.07) is 1.39. The quantitative estimate of drug-likeness (QED) is 0.669. The molecule has 2 rings (SSSR count). The van der Waals surface area contributed by atoms with Crippen molar-refractivity contribution in [3.8, 4) is 0 Å². The van der Waals surface area contributed by atoms with E-state index in [-0.39, 0.29) is 0 Å². The Morgan fingerprint density at radius 2 is 1.62 bits per heavy atom. The van der Waals surface area contributed by atoms with Crippen LogP contribution in [0.5, 0.6) is 0 Å². The molecule has 1 aliphatic heterocycles. The Labute approximate surface area is 81.5 Å². The predicted octanol–water partition coefficient (Wildman–Crippen LogP) is 1.74. The van der Waals surface area contributed by atoms with Crippen LogP contribution < -0.4 is 5.73 Å². The molecule has 0 aromatic rings. The van der Waals surface area contributed by atoms with Crippen molar-refractivity contribution in [2.24, 2.45) is 5.73 Å². The van der Waals surface area contributed by atoms with Gasteiger partial charge in [-0.2, -0.15) is 0 Å². The molecule has 76 valence electrons. The Morgan fingerprint density at radius 3 is 2.38 bits per heavy atom. The first kappa shape index (κ1) is 9.47. The lowest BCUT2D eigenvalue weighted by Crippen LogP contribution is -2.34. The van der Waals surface area contributed by atoms with E-state index < -0.39 is 0 Å². The van der Waals surface area contributed by atoms with Gasteiger partial charge in [-0.05, 0) is 45.2 Å². The second kappa shape index (κ2) is 4.43. The summed E-state index contributed by atoms with van der Waals surface area (Å²) in [5, 5.41) is 0. The fourth-order valence-electron chi connectivity index (χ4n) is 2.78. The van der Waals surface area contributed by atoms with Crippen LogP contribution in [0.4, 0.5) is 0 Å². The molecule has 1 unspecified atom stereocenters. The highest BCUT2D eigenvalue weighted by Gasteiger charge is 2.24. The van der Waals surface area contributed by atoms with E-state index in [0.717, 1.165) is 6.04 Å². The molecule has 2 fully saturated rings. The van der Waals surface area contributed by atoms with E-state index >= 15 is 0 Å². The molecule has 0 spiro atoms. The summed E-state index contributed by atoms with van der Waals surface area (Å²) >= 11 is 0. The predicted molar refractivity (Wildman–Crippen MR) is 55.7 cm³/mol. The van der Waals surface area contributed by atoms with Gasteiger partial charge in [0, 0.05) is 12.1 Å². The molecule has 1 atom stereocenters. The Bertz CT molecular complexity index is 152.